The molecule has 1 aromatic carbocycles. The molecule has 0 spiro atoms. The lowest BCUT2D eigenvalue weighted by Crippen LogP contribution is -2.05. The third kappa shape index (κ3) is 2.03. The topological polar surface area (TPSA) is 35.6 Å². The lowest BCUT2D eigenvalue weighted by Gasteiger charge is -2.08. The van der Waals surface area contributed by atoms with Gasteiger partial charge in [0, 0.05) is 12.7 Å². The van der Waals surface area contributed by atoms with Crippen molar-refractivity contribution in [1.82, 2.24) is 19.1 Å². The van der Waals surface area contributed by atoms with E-state index in [-0.39, 0.29) is 0 Å². The van der Waals surface area contributed by atoms with Crippen LogP contribution < -0.4 is 0 Å². The van der Waals surface area contributed by atoms with Crippen molar-refractivity contribution in [2.45, 2.75) is 33.9 Å². The van der Waals surface area contributed by atoms with Gasteiger partial charge in [-0.05, 0) is 44.0 Å². The first-order valence-corrected chi connectivity index (χ1v) is 6.60. The number of imidazole rings is 2. The normalized spacial score (nSPS) is 11.3. The Balaban J connectivity index is 2.04. The van der Waals surface area contributed by atoms with Crippen molar-refractivity contribution < 1.29 is 0 Å². The monoisotopic (exact) mass is 254 g/mol. The van der Waals surface area contributed by atoms with Crippen LogP contribution in [0, 0.1) is 13.8 Å². The Morgan fingerprint density at radius 3 is 2.63 bits per heavy atom. The fraction of sp³-hybridized carbons (Fsp3) is 0.333. The van der Waals surface area contributed by atoms with Crippen LogP contribution in [0.5, 0.6) is 0 Å². The van der Waals surface area contributed by atoms with Crippen molar-refractivity contribution in [1.29, 1.82) is 0 Å². The highest BCUT2D eigenvalue weighted by atomic mass is 15.1. The molecule has 0 aliphatic rings. The summed E-state index contributed by atoms with van der Waals surface area (Å²) >= 11 is 0. The van der Waals surface area contributed by atoms with Crippen molar-refractivity contribution in [2.75, 3.05) is 0 Å². The number of benzene rings is 1. The number of aryl methyl sites for hydroxylation is 3. The molecule has 3 rings (SSSR count). The zero-order chi connectivity index (χ0) is 13.4. The summed E-state index contributed by atoms with van der Waals surface area (Å²) in [6, 6.07) is 4.36. The van der Waals surface area contributed by atoms with E-state index in [0.29, 0.717) is 0 Å². The number of nitrogens with zero attached hydrogens (tertiary/aromatic N) is 4. The van der Waals surface area contributed by atoms with E-state index in [4.69, 9.17) is 0 Å². The van der Waals surface area contributed by atoms with Crippen LogP contribution in [0.4, 0.5) is 0 Å². The largest absolute Gasteiger partial charge is 0.333 e. The van der Waals surface area contributed by atoms with E-state index >= 15 is 0 Å². The SMILES string of the molecule is CCn1cncc1Cn1cnc2cc(C)c(C)cc21. The van der Waals surface area contributed by atoms with Crippen LogP contribution in [0.3, 0.4) is 0 Å². The summed E-state index contributed by atoms with van der Waals surface area (Å²) in [6.07, 6.45) is 5.72. The van der Waals surface area contributed by atoms with Gasteiger partial charge in [-0.25, -0.2) is 9.97 Å². The summed E-state index contributed by atoms with van der Waals surface area (Å²) in [5, 5.41) is 0. The Kier molecular flexibility index (Phi) is 2.85. The average Bonchev–Trinajstić information content (AvgIpc) is 2.99. The first kappa shape index (κ1) is 12.0. The van der Waals surface area contributed by atoms with Crippen molar-refractivity contribution in [2.24, 2.45) is 0 Å². The number of aromatic nitrogens is 4. The zero-order valence-electron chi connectivity index (χ0n) is 11.6. The fourth-order valence-corrected chi connectivity index (χ4v) is 2.38. The molecule has 98 valence electrons. The second-order valence-corrected chi connectivity index (χ2v) is 4.97. The first-order valence-electron chi connectivity index (χ1n) is 6.60. The molecule has 2 heterocycles. The lowest BCUT2D eigenvalue weighted by molar-refractivity contribution is 0.676. The summed E-state index contributed by atoms with van der Waals surface area (Å²) in [5.74, 6) is 0. The molecule has 0 aliphatic carbocycles. The average molecular weight is 254 g/mol. The van der Waals surface area contributed by atoms with E-state index in [2.05, 4.69) is 52.0 Å². The maximum Gasteiger partial charge on any atom is 0.0962 e. The third-order valence-electron chi connectivity index (χ3n) is 3.71. The minimum Gasteiger partial charge on any atom is -0.333 e. The van der Waals surface area contributed by atoms with Gasteiger partial charge in [0.05, 0.1) is 35.9 Å². The maximum absolute atomic E-state index is 4.49. The zero-order valence-corrected chi connectivity index (χ0v) is 11.6. The van der Waals surface area contributed by atoms with E-state index in [9.17, 15) is 0 Å². The predicted molar refractivity (Wildman–Crippen MR) is 76.2 cm³/mol. The van der Waals surface area contributed by atoms with Crippen molar-refractivity contribution >= 4 is 11.0 Å². The van der Waals surface area contributed by atoms with Crippen molar-refractivity contribution in [3.05, 3.63) is 47.8 Å². The van der Waals surface area contributed by atoms with Crippen LogP contribution in [0.1, 0.15) is 23.7 Å². The van der Waals surface area contributed by atoms with Gasteiger partial charge >= 0.3 is 0 Å². The van der Waals surface area contributed by atoms with Gasteiger partial charge in [0.15, 0.2) is 0 Å². The Morgan fingerprint density at radius 1 is 1.05 bits per heavy atom. The number of fused-ring (bicyclic) bond motifs is 1. The van der Waals surface area contributed by atoms with Gasteiger partial charge in [-0.3, -0.25) is 0 Å². The molecule has 0 amide bonds. The van der Waals surface area contributed by atoms with Gasteiger partial charge in [-0.1, -0.05) is 0 Å². The molecule has 4 heteroatoms. The number of rotatable bonds is 3. The van der Waals surface area contributed by atoms with Crippen LogP contribution in [-0.4, -0.2) is 19.1 Å². The molecule has 0 N–H and O–H groups in total. The molecule has 0 bridgehead atoms. The third-order valence-corrected chi connectivity index (χ3v) is 3.71. The lowest BCUT2D eigenvalue weighted by atomic mass is 10.1. The maximum atomic E-state index is 4.49. The molecule has 0 fully saturated rings. The number of hydrogen-bond acceptors (Lipinski definition) is 2. The molecule has 3 aromatic rings. The van der Waals surface area contributed by atoms with Crippen LogP contribution in [0.25, 0.3) is 11.0 Å². The van der Waals surface area contributed by atoms with E-state index < -0.39 is 0 Å². The van der Waals surface area contributed by atoms with Crippen LogP contribution in [0.15, 0.2) is 31.0 Å². The predicted octanol–water partition coefficient (Wildman–Crippen LogP) is 2.92. The molecule has 0 unspecified atom stereocenters. The molecule has 0 saturated carbocycles. The van der Waals surface area contributed by atoms with Gasteiger partial charge in [0.2, 0.25) is 0 Å². The first-order chi connectivity index (χ1) is 9.19. The highest BCUT2D eigenvalue weighted by Crippen LogP contribution is 2.19. The Labute approximate surface area is 112 Å². The van der Waals surface area contributed by atoms with Crippen LogP contribution in [-0.2, 0) is 13.1 Å². The summed E-state index contributed by atoms with van der Waals surface area (Å²) in [5.41, 5.74) is 6.05. The minimum absolute atomic E-state index is 0.812. The smallest absolute Gasteiger partial charge is 0.0962 e. The van der Waals surface area contributed by atoms with E-state index in [1.165, 1.54) is 22.3 Å². The fourth-order valence-electron chi connectivity index (χ4n) is 2.38. The van der Waals surface area contributed by atoms with Gasteiger partial charge in [-0.15, -0.1) is 0 Å². The molecular formula is C15H18N4. The quantitative estimate of drug-likeness (QED) is 0.720. The molecule has 0 atom stereocenters. The van der Waals surface area contributed by atoms with Gasteiger partial charge in [-0.2, -0.15) is 0 Å². The molecule has 2 aromatic heterocycles. The van der Waals surface area contributed by atoms with Crippen molar-refractivity contribution in [3.8, 4) is 0 Å². The van der Waals surface area contributed by atoms with Crippen LogP contribution in [0.2, 0.25) is 0 Å². The second kappa shape index (κ2) is 4.53. The van der Waals surface area contributed by atoms with Gasteiger partial charge in [0.1, 0.15) is 0 Å². The van der Waals surface area contributed by atoms with E-state index in [0.717, 1.165) is 18.6 Å². The van der Waals surface area contributed by atoms with Crippen molar-refractivity contribution in [3.63, 3.8) is 0 Å². The second-order valence-electron chi connectivity index (χ2n) is 4.97. The summed E-state index contributed by atoms with van der Waals surface area (Å²) in [6.45, 7) is 8.15. The summed E-state index contributed by atoms with van der Waals surface area (Å²) in [7, 11) is 0. The molecular weight excluding hydrogens is 236 g/mol. The molecule has 0 saturated heterocycles. The highest BCUT2D eigenvalue weighted by Gasteiger charge is 2.07. The van der Waals surface area contributed by atoms with Gasteiger partial charge < -0.3 is 9.13 Å². The van der Waals surface area contributed by atoms with E-state index in [1.807, 2.05) is 18.9 Å². The Hall–Kier alpha value is -2.10. The molecule has 4 nitrogen and oxygen atoms in total. The van der Waals surface area contributed by atoms with E-state index in [1.54, 1.807) is 0 Å². The summed E-state index contributed by atoms with van der Waals surface area (Å²) in [4.78, 5) is 8.70. The Bertz CT molecular complexity index is 721. The molecule has 0 radical (unpaired) electrons. The Morgan fingerprint density at radius 2 is 1.84 bits per heavy atom. The van der Waals surface area contributed by atoms with Gasteiger partial charge in [0.25, 0.3) is 0 Å². The summed E-state index contributed by atoms with van der Waals surface area (Å²) < 4.78 is 4.35. The molecule has 19 heavy (non-hydrogen) atoms. The standard InChI is InChI=1S/C15H18N4/c1-4-18-9-16-7-13(18)8-19-10-17-14-5-11(2)12(3)6-15(14)19/h5-7,9-10H,4,8H2,1-3H3. The van der Waals surface area contributed by atoms with Crippen LogP contribution >= 0.6 is 0 Å². The minimum atomic E-state index is 0.812. The highest BCUT2D eigenvalue weighted by molar-refractivity contribution is 5.77. The molecule has 0 aliphatic heterocycles. The number of hydrogen-bond donors (Lipinski definition) is 0.